The highest BCUT2D eigenvalue weighted by Crippen LogP contribution is 2.16. The van der Waals surface area contributed by atoms with Crippen LogP contribution in [0.15, 0.2) is 29.5 Å². The van der Waals surface area contributed by atoms with Gasteiger partial charge in [0.15, 0.2) is 0 Å². The summed E-state index contributed by atoms with van der Waals surface area (Å²) < 4.78 is 7.16. The van der Waals surface area contributed by atoms with Crippen LogP contribution < -0.4 is 10.3 Å². The summed E-state index contributed by atoms with van der Waals surface area (Å²) in [5.74, 6) is 0.343. The highest BCUT2D eigenvalue weighted by atomic mass is 16.5. The second-order valence-electron chi connectivity index (χ2n) is 6.17. The van der Waals surface area contributed by atoms with E-state index in [1.807, 2.05) is 0 Å². The summed E-state index contributed by atoms with van der Waals surface area (Å²) in [5, 5.41) is 7.70. The molecular weight excluding hydrogens is 322 g/mol. The third-order valence-electron chi connectivity index (χ3n) is 4.39. The number of piperidine rings is 1. The summed E-state index contributed by atoms with van der Waals surface area (Å²) >= 11 is 0. The van der Waals surface area contributed by atoms with Gasteiger partial charge in [0.25, 0.3) is 5.56 Å². The molecule has 3 rings (SSSR count). The molecule has 1 atom stereocenters. The van der Waals surface area contributed by atoms with Crippen molar-refractivity contribution < 1.29 is 9.53 Å². The summed E-state index contributed by atoms with van der Waals surface area (Å²) in [6, 6.07) is 3.50. The van der Waals surface area contributed by atoms with E-state index < -0.39 is 0 Å². The predicted octanol–water partition coefficient (Wildman–Crippen LogP) is 0.720. The lowest BCUT2D eigenvalue weighted by molar-refractivity contribution is -0.134. The number of amides is 1. The van der Waals surface area contributed by atoms with E-state index in [1.54, 1.807) is 37.1 Å². The highest BCUT2D eigenvalue weighted by Gasteiger charge is 2.25. The molecule has 132 valence electrons. The lowest BCUT2D eigenvalue weighted by Gasteiger charge is -2.32. The van der Waals surface area contributed by atoms with Crippen molar-refractivity contribution in [3.63, 3.8) is 0 Å². The lowest BCUT2D eigenvalue weighted by atomic mass is 10.1. The zero-order valence-electron chi connectivity index (χ0n) is 14.4. The van der Waals surface area contributed by atoms with Gasteiger partial charge in [-0.1, -0.05) is 0 Å². The molecule has 2 aromatic rings. The number of nitrogens with zero attached hydrogens (tertiary/aromatic N) is 5. The molecule has 2 aromatic heterocycles. The van der Waals surface area contributed by atoms with E-state index in [1.165, 1.54) is 10.9 Å². The van der Waals surface area contributed by atoms with Gasteiger partial charge in [-0.2, -0.15) is 5.10 Å². The maximum absolute atomic E-state index is 12.6. The maximum atomic E-state index is 12.6. The number of carbonyl (C=O) groups excluding carboxylic acids is 1. The van der Waals surface area contributed by atoms with Gasteiger partial charge >= 0.3 is 0 Å². The normalized spacial score (nSPS) is 17.4. The lowest BCUT2D eigenvalue weighted by Crippen LogP contribution is -2.46. The summed E-state index contributed by atoms with van der Waals surface area (Å²) in [6.45, 7) is 4.62. The molecule has 25 heavy (non-hydrogen) atoms. The molecule has 0 radical (unpaired) electrons. The van der Waals surface area contributed by atoms with Gasteiger partial charge in [-0.05, 0) is 32.8 Å². The number of hydrogen-bond donors (Lipinski definition) is 0. The number of aryl methyl sites for hydroxylation is 1. The zero-order valence-corrected chi connectivity index (χ0v) is 14.4. The molecular formula is C17H21N5O3. The van der Waals surface area contributed by atoms with Gasteiger partial charge in [-0.25, -0.2) is 4.98 Å². The van der Waals surface area contributed by atoms with Gasteiger partial charge in [0, 0.05) is 30.1 Å². The fourth-order valence-corrected chi connectivity index (χ4v) is 2.82. The van der Waals surface area contributed by atoms with Crippen molar-refractivity contribution in [2.45, 2.75) is 39.3 Å². The van der Waals surface area contributed by atoms with Crippen LogP contribution in [0.2, 0.25) is 0 Å². The first-order valence-corrected chi connectivity index (χ1v) is 8.29. The fraction of sp³-hybridized carbons (Fsp3) is 0.471. The first-order valence-electron chi connectivity index (χ1n) is 8.29. The number of ether oxygens (including phenoxy) is 1. The SMILES string of the molecule is Cc1ncn(CC(=O)N2CCC[C@H](Oc3cccnn3)C2)c(=O)c1C. The second kappa shape index (κ2) is 7.42. The highest BCUT2D eigenvalue weighted by molar-refractivity contribution is 5.76. The van der Waals surface area contributed by atoms with Gasteiger partial charge in [-0.15, -0.1) is 5.10 Å². The van der Waals surface area contributed by atoms with Crippen LogP contribution in [0.25, 0.3) is 0 Å². The molecule has 1 aliphatic rings. The van der Waals surface area contributed by atoms with Crippen molar-refractivity contribution in [3.8, 4) is 5.88 Å². The molecule has 3 heterocycles. The Labute approximate surface area is 145 Å². The molecule has 8 heteroatoms. The van der Waals surface area contributed by atoms with Crippen LogP contribution in [-0.4, -0.2) is 49.7 Å². The Kier molecular flexibility index (Phi) is 5.06. The molecule has 0 unspecified atom stereocenters. The topological polar surface area (TPSA) is 90.2 Å². The Balaban J connectivity index is 1.64. The minimum absolute atomic E-state index is 0.00911. The molecule has 0 bridgehead atoms. The Morgan fingerprint density at radius 2 is 2.24 bits per heavy atom. The molecule has 0 saturated carbocycles. The molecule has 0 aliphatic carbocycles. The van der Waals surface area contributed by atoms with Crippen LogP contribution in [0.3, 0.4) is 0 Å². The van der Waals surface area contributed by atoms with Crippen molar-refractivity contribution in [1.29, 1.82) is 0 Å². The first-order chi connectivity index (χ1) is 12.0. The number of rotatable bonds is 4. The van der Waals surface area contributed by atoms with E-state index in [0.717, 1.165) is 12.8 Å². The average Bonchev–Trinajstić information content (AvgIpc) is 2.63. The van der Waals surface area contributed by atoms with E-state index >= 15 is 0 Å². The Bertz CT molecular complexity index is 806. The van der Waals surface area contributed by atoms with Crippen LogP contribution >= 0.6 is 0 Å². The smallest absolute Gasteiger partial charge is 0.256 e. The molecule has 0 aromatic carbocycles. The van der Waals surface area contributed by atoms with Crippen molar-refractivity contribution in [3.05, 3.63) is 46.3 Å². The summed E-state index contributed by atoms with van der Waals surface area (Å²) in [5.41, 5.74) is 1.08. The summed E-state index contributed by atoms with van der Waals surface area (Å²) in [7, 11) is 0. The standard InChI is InChI=1S/C17H21N5O3/c1-12-13(2)18-11-22(17(12)24)10-16(23)21-8-4-5-14(9-21)25-15-6-3-7-19-20-15/h3,6-7,11,14H,4-5,8-10H2,1-2H3/t14-/m0/s1. The van der Waals surface area contributed by atoms with Crippen LogP contribution in [0.4, 0.5) is 0 Å². The van der Waals surface area contributed by atoms with E-state index in [2.05, 4.69) is 15.2 Å². The fourth-order valence-electron chi connectivity index (χ4n) is 2.82. The third kappa shape index (κ3) is 4.01. The number of likely N-dealkylation sites (tertiary alicyclic amines) is 1. The molecule has 0 N–H and O–H groups in total. The summed E-state index contributed by atoms with van der Waals surface area (Å²) in [4.78, 5) is 30.7. The van der Waals surface area contributed by atoms with E-state index in [-0.39, 0.29) is 24.1 Å². The molecule has 1 aliphatic heterocycles. The molecule has 0 spiro atoms. The van der Waals surface area contributed by atoms with Crippen LogP contribution in [0.1, 0.15) is 24.1 Å². The number of carbonyl (C=O) groups is 1. The number of hydrogen-bond acceptors (Lipinski definition) is 6. The largest absolute Gasteiger partial charge is 0.471 e. The monoisotopic (exact) mass is 343 g/mol. The quantitative estimate of drug-likeness (QED) is 0.812. The minimum atomic E-state index is -0.176. The van der Waals surface area contributed by atoms with Gasteiger partial charge in [0.2, 0.25) is 11.8 Å². The summed E-state index contributed by atoms with van der Waals surface area (Å²) in [6.07, 6.45) is 4.59. The number of aromatic nitrogens is 4. The van der Waals surface area contributed by atoms with Crippen molar-refractivity contribution >= 4 is 5.91 Å². The van der Waals surface area contributed by atoms with Crippen molar-refractivity contribution in [2.75, 3.05) is 13.1 Å². The molecule has 1 saturated heterocycles. The zero-order chi connectivity index (χ0) is 17.8. The Hall–Kier alpha value is -2.77. The molecule has 8 nitrogen and oxygen atoms in total. The van der Waals surface area contributed by atoms with Gasteiger partial charge in [0.05, 0.1) is 12.9 Å². The Morgan fingerprint density at radius 3 is 3.00 bits per heavy atom. The van der Waals surface area contributed by atoms with E-state index in [0.29, 0.717) is 30.2 Å². The van der Waals surface area contributed by atoms with Crippen molar-refractivity contribution in [2.24, 2.45) is 0 Å². The predicted molar refractivity (Wildman–Crippen MR) is 90.2 cm³/mol. The third-order valence-corrected chi connectivity index (χ3v) is 4.39. The van der Waals surface area contributed by atoms with Gasteiger partial charge in [-0.3, -0.25) is 14.2 Å². The van der Waals surface area contributed by atoms with Crippen LogP contribution in [0, 0.1) is 13.8 Å². The minimum Gasteiger partial charge on any atom is -0.471 e. The van der Waals surface area contributed by atoms with Crippen LogP contribution in [0.5, 0.6) is 5.88 Å². The van der Waals surface area contributed by atoms with Gasteiger partial charge < -0.3 is 9.64 Å². The molecule has 1 amide bonds. The Morgan fingerprint density at radius 1 is 1.40 bits per heavy atom. The maximum Gasteiger partial charge on any atom is 0.256 e. The van der Waals surface area contributed by atoms with Gasteiger partial charge in [0.1, 0.15) is 12.6 Å². The first kappa shape index (κ1) is 17.1. The average molecular weight is 343 g/mol. The van der Waals surface area contributed by atoms with Crippen LogP contribution in [-0.2, 0) is 11.3 Å². The van der Waals surface area contributed by atoms with E-state index in [9.17, 15) is 9.59 Å². The van der Waals surface area contributed by atoms with E-state index in [4.69, 9.17) is 4.74 Å². The molecule has 1 fully saturated rings. The second-order valence-corrected chi connectivity index (χ2v) is 6.17. The van der Waals surface area contributed by atoms with Crippen molar-refractivity contribution in [1.82, 2.24) is 24.6 Å².